The summed E-state index contributed by atoms with van der Waals surface area (Å²) in [5.41, 5.74) is 6.14. The molecule has 16 heavy (non-hydrogen) atoms. The van der Waals surface area contributed by atoms with Gasteiger partial charge in [0.2, 0.25) is 0 Å². The van der Waals surface area contributed by atoms with E-state index in [9.17, 15) is 4.39 Å². The first-order chi connectivity index (χ1) is 7.65. The predicted octanol–water partition coefficient (Wildman–Crippen LogP) is 3.36. The van der Waals surface area contributed by atoms with Crippen molar-refractivity contribution in [2.24, 2.45) is 0 Å². The smallest absolute Gasteiger partial charge is 0.255 e. The van der Waals surface area contributed by atoms with Crippen LogP contribution in [0.1, 0.15) is 0 Å². The summed E-state index contributed by atoms with van der Waals surface area (Å²) in [5.74, 6) is -0.0953. The first-order valence-electron chi connectivity index (χ1n) is 4.49. The van der Waals surface area contributed by atoms with Crippen molar-refractivity contribution in [3.05, 3.63) is 46.8 Å². The predicted molar refractivity (Wildman–Crippen MR) is 62.8 cm³/mol. The van der Waals surface area contributed by atoms with Gasteiger partial charge in [0.05, 0.1) is 0 Å². The van der Waals surface area contributed by atoms with Gasteiger partial charge < -0.3 is 10.5 Å². The fourth-order valence-electron chi connectivity index (χ4n) is 1.12. The third-order valence-corrected chi connectivity index (χ3v) is 2.30. The molecule has 0 atom stereocenters. The fraction of sp³-hybridized carbons (Fsp3) is 0. The zero-order valence-corrected chi connectivity index (χ0v) is 9.74. The highest BCUT2D eigenvalue weighted by molar-refractivity contribution is 9.10. The molecule has 1 aromatic heterocycles. The first-order valence-corrected chi connectivity index (χ1v) is 5.29. The Kier molecular flexibility index (Phi) is 3.05. The Bertz CT molecular complexity index is 502. The number of benzene rings is 1. The van der Waals surface area contributed by atoms with Gasteiger partial charge >= 0.3 is 0 Å². The molecule has 2 aromatic rings. The highest BCUT2D eigenvalue weighted by Gasteiger charge is 2.06. The van der Waals surface area contributed by atoms with Gasteiger partial charge in [0.15, 0.2) is 5.82 Å². The van der Waals surface area contributed by atoms with Crippen molar-refractivity contribution in [2.45, 2.75) is 0 Å². The van der Waals surface area contributed by atoms with E-state index in [-0.39, 0.29) is 5.88 Å². The number of hydrogen-bond acceptors (Lipinski definition) is 3. The molecule has 0 radical (unpaired) electrons. The summed E-state index contributed by atoms with van der Waals surface area (Å²) < 4.78 is 19.2. The van der Waals surface area contributed by atoms with Crippen LogP contribution in [0.5, 0.6) is 11.6 Å². The number of ether oxygens (including phenoxy) is 1. The lowest BCUT2D eigenvalue weighted by Gasteiger charge is -2.05. The summed E-state index contributed by atoms with van der Waals surface area (Å²) >= 11 is 3.12. The zero-order chi connectivity index (χ0) is 11.5. The van der Waals surface area contributed by atoms with Crippen molar-refractivity contribution in [2.75, 3.05) is 5.73 Å². The number of anilines is 1. The summed E-state index contributed by atoms with van der Waals surface area (Å²) in [5, 5.41) is 0. The van der Waals surface area contributed by atoms with E-state index >= 15 is 0 Å². The SMILES string of the molecule is Nc1ccc(Oc2ncc(Br)cc2F)cc1. The highest BCUT2D eigenvalue weighted by Crippen LogP contribution is 2.24. The second kappa shape index (κ2) is 4.49. The van der Waals surface area contributed by atoms with E-state index < -0.39 is 5.82 Å². The fourth-order valence-corrected chi connectivity index (χ4v) is 1.43. The highest BCUT2D eigenvalue weighted by atomic mass is 79.9. The molecule has 0 amide bonds. The minimum Gasteiger partial charge on any atom is -0.436 e. The number of nitrogens with zero attached hydrogens (tertiary/aromatic N) is 1. The van der Waals surface area contributed by atoms with E-state index in [1.165, 1.54) is 12.3 Å². The Hall–Kier alpha value is -1.62. The van der Waals surface area contributed by atoms with Gasteiger partial charge in [0.25, 0.3) is 5.88 Å². The van der Waals surface area contributed by atoms with Crippen LogP contribution in [0.2, 0.25) is 0 Å². The molecular weight excluding hydrogens is 275 g/mol. The van der Waals surface area contributed by atoms with Crippen LogP contribution in [-0.4, -0.2) is 4.98 Å². The number of pyridine rings is 1. The topological polar surface area (TPSA) is 48.1 Å². The molecule has 0 bridgehead atoms. The van der Waals surface area contributed by atoms with Crippen LogP contribution >= 0.6 is 15.9 Å². The molecule has 0 aliphatic rings. The number of nitrogens with two attached hydrogens (primary N) is 1. The van der Waals surface area contributed by atoms with Crippen molar-refractivity contribution in [3.8, 4) is 11.6 Å². The second-order valence-corrected chi connectivity index (χ2v) is 4.03. The average Bonchev–Trinajstić information content (AvgIpc) is 2.25. The lowest BCUT2D eigenvalue weighted by molar-refractivity contribution is 0.422. The van der Waals surface area contributed by atoms with Crippen LogP contribution in [0.3, 0.4) is 0 Å². The molecule has 0 aliphatic carbocycles. The second-order valence-electron chi connectivity index (χ2n) is 3.11. The van der Waals surface area contributed by atoms with Gasteiger partial charge in [-0.3, -0.25) is 0 Å². The zero-order valence-electron chi connectivity index (χ0n) is 8.15. The van der Waals surface area contributed by atoms with Gasteiger partial charge in [-0.2, -0.15) is 0 Å². The van der Waals surface area contributed by atoms with E-state index in [1.54, 1.807) is 24.3 Å². The molecule has 3 nitrogen and oxygen atoms in total. The van der Waals surface area contributed by atoms with Crippen molar-refractivity contribution >= 4 is 21.6 Å². The molecule has 0 spiro atoms. The summed E-state index contributed by atoms with van der Waals surface area (Å²) in [6.07, 6.45) is 1.47. The van der Waals surface area contributed by atoms with Gasteiger partial charge in [-0.1, -0.05) is 0 Å². The van der Waals surface area contributed by atoms with Gasteiger partial charge in [0.1, 0.15) is 5.75 Å². The summed E-state index contributed by atoms with van der Waals surface area (Å²) in [6.45, 7) is 0. The van der Waals surface area contributed by atoms with Crippen LogP contribution in [0.25, 0.3) is 0 Å². The number of hydrogen-bond donors (Lipinski definition) is 1. The van der Waals surface area contributed by atoms with Crippen LogP contribution in [0.4, 0.5) is 10.1 Å². The third kappa shape index (κ3) is 2.49. The Morgan fingerprint density at radius 1 is 1.25 bits per heavy atom. The van der Waals surface area contributed by atoms with Crippen molar-refractivity contribution in [1.82, 2.24) is 4.98 Å². The normalized spacial score (nSPS) is 10.1. The third-order valence-electron chi connectivity index (χ3n) is 1.87. The molecule has 0 unspecified atom stereocenters. The Labute approximate surface area is 100 Å². The summed E-state index contributed by atoms with van der Waals surface area (Å²) in [6, 6.07) is 7.94. The molecule has 2 rings (SSSR count). The van der Waals surface area contributed by atoms with Gasteiger partial charge in [-0.25, -0.2) is 9.37 Å². The minimum atomic E-state index is -0.522. The van der Waals surface area contributed by atoms with E-state index in [1.807, 2.05) is 0 Å². The van der Waals surface area contributed by atoms with E-state index in [4.69, 9.17) is 10.5 Å². The van der Waals surface area contributed by atoms with Crippen LogP contribution in [-0.2, 0) is 0 Å². The number of nitrogen functional groups attached to an aromatic ring is 1. The average molecular weight is 283 g/mol. The van der Waals surface area contributed by atoms with Crippen LogP contribution in [0, 0.1) is 5.82 Å². The monoisotopic (exact) mass is 282 g/mol. The number of aromatic nitrogens is 1. The van der Waals surface area contributed by atoms with Crippen molar-refractivity contribution < 1.29 is 9.13 Å². The van der Waals surface area contributed by atoms with Crippen LogP contribution < -0.4 is 10.5 Å². The maximum Gasteiger partial charge on any atom is 0.255 e. The summed E-state index contributed by atoms with van der Waals surface area (Å²) in [7, 11) is 0. The maximum atomic E-state index is 13.4. The molecular formula is C11H8BrFN2O. The molecule has 0 saturated heterocycles. The maximum absolute atomic E-state index is 13.4. The first kappa shape index (κ1) is 10.9. The quantitative estimate of drug-likeness (QED) is 0.860. The van der Waals surface area contributed by atoms with E-state index in [2.05, 4.69) is 20.9 Å². The van der Waals surface area contributed by atoms with Crippen LogP contribution in [0.15, 0.2) is 41.0 Å². The molecule has 0 fully saturated rings. The van der Waals surface area contributed by atoms with Crippen molar-refractivity contribution in [3.63, 3.8) is 0 Å². The van der Waals surface area contributed by atoms with Gasteiger partial charge in [-0.05, 0) is 46.3 Å². The summed E-state index contributed by atoms with van der Waals surface area (Å²) in [4.78, 5) is 3.82. The lowest BCUT2D eigenvalue weighted by Crippen LogP contribution is -1.92. The number of halogens is 2. The van der Waals surface area contributed by atoms with E-state index in [0.717, 1.165) is 0 Å². The molecule has 1 heterocycles. The van der Waals surface area contributed by atoms with Gasteiger partial charge in [-0.15, -0.1) is 0 Å². The minimum absolute atomic E-state index is 0.0621. The molecule has 82 valence electrons. The largest absolute Gasteiger partial charge is 0.436 e. The Morgan fingerprint density at radius 2 is 1.94 bits per heavy atom. The van der Waals surface area contributed by atoms with E-state index in [0.29, 0.717) is 15.9 Å². The molecule has 0 saturated carbocycles. The lowest BCUT2D eigenvalue weighted by atomic mass is 10.3. The Balaban J connectivity index is 2.23. The Morgan fingerprint density at radius 3 is 2.56 bits per heavy atom. The molecule has 5 heteroatoms. The molecule has 2 N–H and O–H groups in total. The molecule has 1 aromatic carbocycles. The van der Waals surface area contributed by atoms with Crippen molar-refractivity contribution in [1.29, 1.82) is 0 Å². The number of rotatable bonds is 2. The van der Waals surface area contributed by atoms with Gasteiger partial charge in [0, 0.05) is 16.4 Å². The standard InChI is InChI=1S/C11H8BrFN2O/c12-7-5-10(13)11(15-6-7)16-9-3-1-8(14)2-4-9/h1-6H,14H2. The molecule has 0 aliphatic heterocycles.